The van der Waals surface area contributed by atoms with Crippen LogP contribution in [-0.4, -0.2) is 39.1 Å². The molecule has 0 saturated carbocycles. The quantitative estimate of drug-likeness (QED) is 0.529. The van der Waals surface area contributed by atoms with Gasteiger partial charge in [-0.2, -0.15) is 0 Å². The van der Waals surface area contributed by atoms with Crippen molar-refractivity contribution in [2.45, 2.75) is 18.8 Å². The summed E-state index contributed by atoms with van der Waals surface area (Å²) in [6.45, 7) is 1.32. The number of likely N-dealkylation sites (tertiary alicyclic amines) is 1. The van der Waals surface area contributed by atoms with Crippen LogP contribution in [0, 0.1) is 5.82 Å². The van der Waals surface area contributed by atoms with Crippen molar-refractivity contribution in [3.8, 4) is 10.6 Å². The van der Waals surface area contributed by atoms with E-state index in [9.17, 15) is 9.18 Å². The van der Waals surface area contributed by atoms with E-state index in [4.69, 9.17) is 0 Å². The number of halogens is 1. The summed E-state index contributed by atoms with van der Waals surface area (Å²) in [7, 11) is 0. The Labute approximate surface area is 171 Å². The molecule has 0 spiro atoms. The molecular weight excluding hydrogens is 387 g/mol. The molecule has 1 aliphatic heterocycles. The van der Waals surface area contributed by atoms with Crippen LogP contribution in [-0.2, 0) is 0 Å². The number of amides is 1. The first-order valence-electron chi connectivity index (χ1n) is 9.64. The summed E-state index contributed by atoms with van der Waals surface area (Å²) in [4.78, 5) is 18.1. The highest BCUT2D eigenvalue weighted by Crippen LogP contribution is 2.34. The first-order chi connectivity index (χ1) is 14.2. The van der Waals surface area contributed by atoms with Crippen molar-refractivity contribution in [3.05, 3.63) is 71.1 Å². The number of hydrogen-bond donors (Lipinski definition) is 1. The topological polar surface area (TPSA) is 61.9 Å². The Balaban J connectivity index is 1.35. The van der Waals surface area contributed by atoms with E-state index in [-0.39, 0.29) is 17.6 Å². The molecule has 1 amide bonds. The number of carbonyl (C=O) groups excluding carboxylic acids is 1. The Hall–Kier alpha value is -3.06. The second-order valence-electron chi connectivity index (χ2n) is 7.29. The number of aromatic nitrogens is 3. The van der Waals surface area contributed by atoms with Crippen molar-refractivity contribution in [1.29, 1.82) is 0 Å². The first-order valence-corrected chi connectivity index (χ1v) is 10.5. The molecule has 2 aromatic heterocycles. The van der Waals surface area contributed by atoms with Gasteiger partial charge in [-0.1, -0.05) is 41.7 Å². The zero-order valence-corrected chi connectivity index (χ0v) is 16.5. The van der Waals surface area contributed by atoms with Gasteiger partial charge in [-0.3, -0.25) is 4.79 Å². The molecule has 1 N–H and O–H groups in total. The van der Waals surface area contributed by atoms with Crippen LogP contribution in [0.2, 0.25) is 0 Å². The normalized spacial score (nSPS) is 17.0. The van der Waals surface area contributed by atoms with Gasteiger partial charge in [-0.15, -0.1) is 10.2 Å². The van der Waals surface area contributed by atoms with Crippen molar-refractivity contribution in [2.24, 2.45) is 0 Å². The number of rotatable bonds is 3. The van der Waals surface area contributed by atoms with E-state index in [1.54, 1.807) is 18.2 Å². The lowest BCUT2D eigenvalue weighted by molar-refractivity contribution is 0.0702. The summed E-state index contributed by atoms with van der Waals surface area (Å²) in [5, 5.41) is 11.0. The smallest absolute Gasteiger partial charge is 0.270 e. The second-order valence-corrected chi connectivity index (χ2v) is 8.29. The van der Waals surface area contributed by atoms with Gasteiger partial charge >= 0.3 is 0 Å². The average Bonchev–Trinajstić information content (AvgIpc) is 3.41. The van der Waals surface area contributed by atoms with Gasteiger partial charge in [0.05, 0.1) is 0 Å². The minimum atomic E-state index is -0.297. The molecule has 0 bridgehead atoms. The number of carbonyl (C=O) groups is 1. The van der Waals surface area contributed by atoms with E-state index in [0.29, 0.717) is 22.8 Å². The summed E-state index contributed by atoms with van der Waals surface area (Å²) >= 11 is 1.41. The number of hydrogen-bond acceptors (Lipinski definition) is 4. The predicted octanol–water partition coefficient (Wildman–Crippen LogP) is 4.85. The van der Waals surface area contributed by atoms with Gasteiger partial charge in [-0.25, -0.2) is 4.39 Å². The molecule has 1 fully saturated rings. The van der Waals surface area contributed by atoms with Crippen molar-refractivity contribution in [3.63, 3.8) is 0 Å². The molecule has 1 atom stereocenters. The molecule has 7 heteroatoms. The number of piperidine rings is 1. The summed E-state index contributed by atoms with van der Waals surface area (Å²) < 4.78 is 14.1. The van der Waals surface area contributed by atoms with Crippen molar-refractivity contribution < 1.29 is 9.18 Å². The van der Waals surface area contributed by atoms with Crippen LogP contribution in [0.5, 0.6) is 0 Å². The van der Waals surface area contributed by atoms with Crippen LogP contribution in [0.25, 0.3) is 21.5 Å². The minimum absolute atomic E-state index is 0.00439. The van der Waals surface area contributed by atoms with E-state index in [2.05, 4.69) is 15.2 Å². The van der Waals surface area contributed by atoms with Crippen LogP contribution in [0.15, 0.2) is 54.6 Å². The number of benzene rings is 2. The summed E-state index contributed by atoms with van der Waals surface area (Å²) in [6, 6.07) is 16.4. The molecule has 146 valence electrons. The monoisotopic (exact) mass is 406 g/mol. The SMILES string of the molecule is O=C(c1cc2ccccc2[nH]1)N1CCCC(c2nnc(-c3ccccc3F)s2)C1. The van der Waals surface area contributed by atoms with Gasteiger partial charge < -0.3 is 9.88 Å². The molecule has 5 rings (SSSR count). The van der Waals surface area contributed by atoms with Gasteiger partial charge in [0.15, 0.2) is 5.01 Å². The van der Waals surface area contributed by atoms with E-state index < -0.39 is 0 Å². The largest absolute Gasteiger partial charge is 0.351 e. The van der Waals surface area contributed by atoms with Gasteiger partial charge in [0.25, 0.3) is 5.91 Å². The third-order valence-corrected chi connectivity index (χ3v) is 6.48. The van der Waals surface area contributed by atoms with Crippen molar-refractivity contribution in [1.82, 2.24) is 20.1 Å². The number of nitrogens with one attached hydrogen (secondary N) is 1. The molecule has 5 nitrogen and oxygen atoms in total. The summed E-state index contributed by atoms with van der Waals surface area (Å²) in [5.74, 6) is -0.172. The lowest BCUT2D eigenvalue weighted by Crippen LogP contribution is -2.39. The van der Waals surface area contributed by atoms with Crippen LogP contribution in [0.1, 0.15) is 34.3 Å². The molecule has 29 heavy (non-hydrogen) atoms. The summed E-state index contributed by atoms with van der Waals surface area (Å²) in [6.07, 6.45) is 1.85. The maximum absolute atomic E-state index is 14.1. The Morgan fingerprint density at radius 3 is 2.83 bits per heavy atom. The molecule has 1 unspecified atom stereocenters. The number of fused-ring (bicyclic) bond motifs is 1. The van der Waals surface area contributed by atoms with Crippen LogP contribution in [0.3, 0.4) is 0 Å². The minimum Gasteiger partial charge on any atom is -0.351 e. The summed E-state index contributed by atoms with van der Waals surface area (Å²) in [5.41, 5.74) is 2.04. The van der Waals surface area contributed by atoms with E-state index in [1.165, 1.54) is 17.4 Å². The lowest BCUT2D eigenvalue weighted by Gasteiger charge is -2.31. The fraction of sp³-hybridized carbons (Fsp3) is 0.227. The van der Waals surface area contributed by atoms with Gasteiger partial charge in [0, 0.05) is 35.5 Å². The third-order valence-electron chi connectivity index (χ3n) is 5.36. The first kappa shape index (κ1) is 18.0. The van der Waals surface area contributed by atoms with Crippen molar-refractivity contribution >= 4 is 28.1 Å². The highest BCUT2D eigenvalue weighted by atomic mass is 32.1. The zero-order chi connectivity index (χ0) is 19.8. The number of H-pyrrole nitrogens is 1. The maximum atomic E-state index is 14.1. The molecule has 1 aliphatic rings. The Morgan fingerprint density at radius 2 is 1.97 bits per heavy atom. The molecule has 1 saturated heterocycles. The fourth-order valence-electron chi connectivity index (χ4n) is 3.87. The van der Waals surface area contributed by atoms with E-state index >= 15 is 0 Å². The van der Waals surface area contributed by atoms with Crippen molar-refractivity contribution in [2.75, 3.05) is 13.1 Å². The third kappa shape index (κ3) is 3.42. The fourth-order valence-corrected chi connectivity index (χ4v) is 4.86. The molecule has 3 heterocycles. The Morgan fingerprint density at radius 1 is 1.14 bits per heavy atom. The molecule has 0 radical (unpaired) electrons. The van der Waals surface area contributed by atoms with Gasteiger partial charge in [0.2, 0.25) is 0 Å². The maximum Gasteiger partial charge on any atom is 0.270 e. The molecular formula is C22H19FN4OS. The van der Waals surface area contributed by atoms with E-state index in [1.807, 2.05) is 35.2 Å². The molecule has 0 aliphatic carbocycles. The molecule has 2 aromatic carbocycles. The predicted molar refractivity (Wildman–Crippen MR) is 111 cm³/mol. The van der Waals surface area contributed by atoms with Gasteiger partial charge in [0.1, 0.15) is 16.5 Å². The molecule has 4 aromatic rings. The second kappa shape index (κ2) is 7.40. The lowest BCUT2D eigenvalue weighted by atomic mass is 9.98. The standard InChI is InChI=1S/C22H19FN4OS/c23-17-9-3-2-8-16(17)21-26-25-20(29-21)15-7-5-11-27(13-15)22(28)19-12-14-6-1-4-10-18(14)24-19/h1-4,6,8-10,12,15,24H,5,7,11,13H2. The number of para-hydroxylation sites is 1. The van der Waals surface area contributed by atoms with Crippen LogP contribution >= 0.6 is 11.3 Å². The Bertz CT molecular complexity index is 1150. The number of nitrogens with zero attached hydrogens (tertiary/aromatic N) is 3. The van der Waals surface area contributed by atoms with Crippen LogP contribution < -0.4 is 0 Å². The zero-order valence-electron chi connectivity index (χ0n) is 15.6. The average molecular weight is 406 g/mol. The highest BCUT2D eigenvalue weighted by molar-refractivity contribution is 7.14. The number of aromatic amines is 1. The highest BCUT2D eigenvalue weighted by Gasteiger charge is 2.28. The van der Waals surface area contributed by atoms with Crippen LogP contribution in [0.4, 0.5) is 4.39 Å². The Kier molecular flexibility index (Phi) is 4.60. The van der Waals surface area contributed by atoms with E-state index in [0.717, 1.165) is 35.3 Å². The van der Waals surface area contributed by atoms with Gasteiger partial charge in [-0.05, 0) is 37.1 Å².